The van der Waals surface area contributed by atoms with Gasteiger partial charge in [0.2, 0.25) is 0 Å². The van der Waals surface area contributed by atoms with Crippen molar-refractivity contribution < 1.29 is 27.0 Å². The van der Waals surface area contributed by atoms with E-state index >= 15 is 0 Å². The molecule has 7 nitrogen and oxygen atoms in total. The van der Waals surface area contributed by atoms with Crippen molar-refractivity contribution in [2.45, 2.75) is 19.7 Å². The number of benzene rings is 2. The molecule has 0 radical (unpaired) electrons. The molecule has 0 saturated heterocycles. The number of tetrazole rings is 1. The largest absolute Gasteiger partial charge is 0.493 e. The molecule has 2 aromatic carbocycles. The molecule has 3 rings (SSSR count). The van der Waals surface area contributed by atoms with E-state index in [0.717, 1.165) is 9.36 Å². The molecular formula is C18H16F4N4O3. The van der Waals surface area contributed by atoms with Crippen LogP contribution in [0.2, 0.25) is 0 Å². The van der Waals surface area contributed by atoms with Gasteiger partial charge in [0.15, 0.2) is 0 Å². The van der Waals surface area contributed by atoms with Gasteiger partial charge in [0, 0.05) is 13.1 Å². The van der Waals surface area contributed by atoms with Crippen molar-refractivity contribution in [3.63, 3.8) is 0 Å². The first-order valence-electron chi connectivity index (χ1n) is 8.46. The number of halogens is 4. The summed E-state index contributed by atoms with van der Waals surface area (Å²) in [7, 11) is 1.40. The fourth-order valence-corrected chi connectivity index (χ4v) is 2.65. The summed E-state index contributed by atoms with van der Waals surface area (Å²) in [5, 5.41) is 7.36. The monoisotopic (exact) mass is 412 g/mol. The molecule has 0 saturated carbocycles. The molecule has 1 heterocycles. The summed E-state index contributed by atoms with van der Waals surface area (Å²) in [6, 6.07) is 6.65. The quantitative estimate of drug-likeness (QED) is 0.582. The number of rotatable bonds is 6. The smallest absolute Gasteiger partial charge is 0.419 e. The minimum Gasteiger partial charge on any atom is -0.493 e. The number of hydrogen-bond donors (Lipinski definition) is 0. The van der Waals surface area contributed by atoms with Gasteiger partial charge in [-0.3, -0.25) is 0 Å². The average molecular weight is 412 g/mol. The molecular weight excluding hydrogens is 396 g/mol. The van der Waals surface area contributed by atoms with Gasteiger partial charge in [0.25, 0.3) is 0 Å². The molecule has 154 valence electrons. The summed E-state index contributed by atoms with van der Waals surface area (Å²) in [6.07, 6.45) is -4.73. The molecule has 29 heavy (non-hydrogen) atoms. The Balaban J connectivity index is 2.05. The maximum absolute atomic E-state index is 13.5. The highest BCUT2D eigenvalue weighted by molar-refractivity contribution is 5.49. The zero-order valence-electron chi connectivity index (χ0n) is 15.4. The first-order chi connectivity index (χ1) is 13.7. The van der Waals surface area contributed by atoms with Crippen LogP contribution in [0.4, 0.5) is 17.6 Å². The van der Waals surface area contributed by atoms with E-state index in [1.54, 1.807) is 19.1 Å². The van der Waals surface area contributed by atoms with Crippen molar-refractivity contribution in [1.29, 1.82) is 0 Å². The minimum atomic E-state index is -4.73. The molecule has 0 N–H and O–H groups in total. The summed E-state index contributed by atoms with van der Waals surface area (Å²) in [6.45, 7) is 1.56. The first-order valence-corrected chi connectivity index (χ1v) is 8.46. The molecule has 1 aromatic heterocycles. The Kier molecular flexibility index (Phi) is 5.57. The van der Waals surface area contributed by atoms with E-state index in [-0.39, 0.29) is 23.6 Å². The van der Waals surface area contributed by atoms with Crippen LogP contribution >= 0.6 is 0 Å². The van der Waals surface area contributed by atoms with Gasteiger partial charge < -0.3 is 9.47 Å². The van der Waals surface area contributed by atoms with E-state index in [2.05, 4.69) is 10.4 Å². The molecule has 0 bridgehead atoms. The van der Waals surface area contributed by atoms with E-state index in [1.807, 2.05) is 0 Å². The average Bonchev–Trinajstić information content (AvgIpc) is 2.98. The van der Waals surface area contributed by atoms with Crippen LogP contribution in [-0.2, 0) is 19.8 Å². The lowest BCUT2D eigenvalue weighted by Crippen LogP contribution is -2.23. The first kappa shape index (κ1) is 20.4. The van der Waals surface area contributed by atoms with Crippen LogP contribution in [0.1, 0.15) is 18.1 Å². The number of hydrogen-bond acceptors (Lipinski definition) is 5. The third-order valence-corrected chi connectivity index (χ3v) is 3.98. The molecule has 11 heteroatoms. The van der Waals surface area contributed by atoms with Gasteiger partial charge in [-0.25, -0.2) is 9.18 Å². The second-order valence-corrected chi connectivity index (χ2v) is 5.91. The molecule has 0 aliphatic rings. The van der Waals surface area contributed by atoms with Crippen LogP contribution in [0.3, 0.4) is 0 Å². The lowest BCUT2D eigenvalue weighted by Gasteiger charge is -2.17. The van der Waals surface area contributed by atoms with Gasteiger partial charge in [-0.15, -0.1) is 0 Å². The molecule has 0 spiro atoms. The van der Waals surface area contributed by atoms with Gasteiger partial charge in [0.05, 0.1) is 23.4 Å². The summed E-state index contributed by atoms with van der Waals surface area (Å²) in [5.41, 5.74) is -1.21. The Morgan fingerprint density at radius 1 is 1.07 bits per heavy atom. The summed E-state index contributed by atoms with van der Waals surface area (Å²) in [4.78, 5) is 12.2. The standard InChI is InChI=1S/C18H16F4N4O3/c1-3-28-15-6-4-5-14(26-17(27)25(2)23-24-26)12(15)10-29-16-9-11(19)7-8-13(16)18(20,21)22/h4-9H,3,10H2,1-2H3. The number of alkyl halides is 3. The van der Waals surface area contributed by atoms with Gasteiger partial charge in [-0.05, 0) is 41.6 Å². The van der Waals surface area contributed by atoms with Gasteiger partial charge in [0.1, 0.15) is 23.9 Å². The molecule has 0 unspecified atom stereocenters. The summed E-state index contributed by atoms with van der Waals surface area (Å²) in [5.74, 6) is -1.27. The van der Waals surface area contributed by atoms with E-state index in [4.69, 9.17) is 9.47 Å². The van der Waals surface area contributed by atoms with Crippen molar-refractivity contribution in [3.8, 4) is 17.2 Å². The van der Waals surface area contributed by atoms with Crippen molar-refractivity contribution in [1.82, 2.24) is 19.8 Å². The number of aromatic nitrogens is 4. The molecule has 0 amide bonds. The van der Waals surface area contributed by atoms with Crippen LogP contribution < -0.4 is 15.2 Å². The van der Waals surface area contributed by atoms with Crippen LogP contribution in [-0.4, -0.2) is 26.4 Å². The zero-order chi connectivity index (χ0) is 21.2. The van der Waals surface area contributed by atoms with Crippen molar-refractivity contribution in [3.05, 3.63) is 63.8 Å². The Morgan fingerprint density at radius 3 is 2.45 bits per heavy atom. The van der Waals surface area contributed by atoms with Crippen LogP contribution in [0.15, 0.2) is 41.2 Å². The molecule has 3 aromatic rings. The highest BCUT2D eigenvalue weighted by atomic mass is 19.4. The Hall–Kier alpha value is -3.37. The third-order valence-electron chi connectivity index (χ3n) is 3.98. The molecule has 0 aliphatic heterocycles. The highest BCUT2D eigenvalue weighted by Gasteiger charge is 2.34. The summed E-state index contributed by atoms with van der Waals surface area (Å²) >= 11 is 0. The van der Waals surface area contributed by atoms with E-state index in [0.29, 0.717) is 18.2 Å². The van der Waals surface area contributed by atoms with E-state index in [9.17, 15) is 22.4 Å². The number of nitrogens with zero attached hydrogens (tertiary/aromatic N) is 4. The van der Waals surface area contributed by atoms with E-state index < -0.39 is 35.6 Å². The Morgan fingerprint density at radius 2 is 1.83 bits per heavy atom. The lowest BCUT2D eigenvalue weighted by atomic mass is 10.1. The maximum Gasteiger partial charge on any atom is 0.419 e. The SMILES string of the molecule is CCOc1cccc(-n2nnn(C)c2=O)c1COc1cc(F)ccc1C(F)(F)F. The van der Waals surface area contributed by atoms with Gasteiger partial charge in [-0.1, -0.05) is 6.07 Å². The summed E-state index contributed by atoms with van der Waals surface area (Å²) < 4.78 is 65.9. The van der Waals surface area contributed by atoms with Crippen LogP contribution in [0, 0.1) is 5.82 Å². The number of ether oxygens (including phenoxy) is 2. The Bertz CT molecular complexity index is 1080. The van der Waals surface area contributed by atoms with Crippen molar-refractivity contribution in [2.75, 3.05) is 6.61 Å². The normalized spacial score (nSPS) is 11.5. The molecule has 0 aliphatic carbocycles. The Labute approximate surface area is 162 Å². The van der Waals surface area contributed by atoms with E-state index in [1.165, 1.54) is 13.1 Å². The predicted molar refractivity (Wildman–Crippen MR) is 93.5 cm³/mol. The topological polar surface area (TPSA) is 71.2 Å². The van der Waals surface area contributed by atoms with Crippen LogP contribution in [0.5, 0.6) is 11.5 Å². The van der Waals surface area contributed by atoms with Crippen LogP contribution in [0.25, 0.3) is 5.69 Å². The second kappa shape index (κ2) is 7.94. The zero-order valence-corrected chi connectivity index (χ0v) is 15.4. The highest BCUT2D eigenvalue weighted by Crippen LogP contribution is 2.37. The number of aryl methyl sites for hydroxylation is 1. The van der Waals surface area contributed by atoms with Crippen molar-refractivity contribution >= 4 is 0 Å². The lowest BCUT2D eigenvalue weighted by molar-refractivity contribution is -0.139. The minimum absolute atomic E-state index is 0.221. The third kappa shape index (κ3) is 4.23. The molecule has 0 atom stereocenters. The second-order valence-electron chi connectivity index (χ2n) is 5.91. The fraction of sp³-hybridized carbons (Fsp3) is 0.278. The van der Waals surface area contributed by atoms with Crippen molar-refractivity contribution in [2.24, 2.45) is 7.05 Å². The van der Waals surface area contributed by atoms with Gasteiger partial charge in [-0.2, -0.15) is 22.5 Å². The predicted octanol–water partition coefficient (Wildman–Crippen LogP) is 3.10. The maximum atomic E-state index is 13.5. The fourth-order valence-electron chi connectivity index (χ4n) is 2.65. The molecule has 0 fully saturated rings. The van der Waals surface area contributed by atoms with Gasteiger partial charge >= 0.3 is 11.9 Å².